The van der Waals surface area contributed by atoms with Crippen LogP contribution in [0.15, 0.2) is 66.7 Å². The third-order valence-corrected chi connectivity index (χ3v) is 5.65. The quantitative estimate of drug-likeness (QED) is 0.215. The van der Waals surface area contributed by atoms with Crippen LogP contribution >= 0.6 is 23.2 Å². The van der Waals surface area contributed by atoms with Gasteiger partial charge in [0.05, 0.1) is 21.1 Å². The lowest BCUT2D eigenvalue weighted by Gasteiger charge is -2.29. The standard InChI is InChI=1S/C23H13Cl2N3O6/c24-14-7-10-18(19(25)11-14)20(29)12-26(21(30)13-5-8-15(9-6-13)28(33)34)27-22(31)16-3-1-2-4-17(16)23(27)32/h1-11H,12H2. The van der Waals surface area contributed by atoms with Gasteiger partial charge in [0.25, 0.3) is 23.4 Å². The maximum atomic E-state index is 13.4. The molecule has 1 aliphatic rings. The Morgan fingerprint density at radius 2 is 1.50 bits per heavy atom. The molecule has 0 radical (unpaired) electrons. The number of carbonyl (C=O) groups is 4. The summed E-state index contributed by atoms with van der Waals surface area (Å²) in [4.78, 5) is 62.8. The number of non-ortho nitro benzene ring substituents is 1. The minimum Gasteiger partial charge on any atom is -0.292 e. The van der Waals surface area contributed by atoms with Gasteiger partial charge in [0, 0.05) is 28.3 Å². The molecule has 11 heteroatoms. The second kappa shape index (κ2) is 9.05. The number of ketones is 1. The molecule has 0 aliphatic carbocycles. The van der Waals surface area contributed by atoms with Crippen LogP contribution in [0, 0.1) is 10.1 Å². The Morgan fingerprint density at radius 1 is 0.912 bits per heavy atom. The summed E-state index contributed by atoms with van der Waals surface area (Å²) in [5.74, 6) is -3.12. The fourth-order valence-corrected chi connectivity index (χ4v) is 3.95. The summed E-state index contributed by atoms with van der Waals surface area (Å²) >= 11 is 12.0. The maximum absolute atomic E-state index is 13.4. The molecule has 0 fully saturated rings. The lowest BCUT2D eigenvalue weighted by molar-refractivity contribution is -0.384. The van der Waals surface area contributed by atoms with Crippen LogP contribution < -0.4 is 0 Å². The van der Waals surface area contributed by atoms with E-state index in [-0.39, 0.29) is 33.0 Å². The highest BCUT2D eigenvalue weighted by Crippen LogP contribution is 2.27. The molecular weight excluding hydrogens is 485 g/mol. The zero-order valence-corrected chi connectivity index (χ0v) is 18.6. The Morgan fingerprint density at radius 3 is 2.03 bits per heavy atom. The van der Waals surface area contributed by atoms with Gasteiger partial charge in [-0.05, 0) is 42.5 Å². The van der Waals surface area contributed by atoms with E-state index >= 15 is 0 Å². The third-order valence-electron chi connectivity index (χ3n) is 5.10. The van der Waals surface area contributed by atoms with Gasteiger partial charge in [-0.2, -0.15) is 5.01 Å². The minimum absolute atomic E-state index is 0.0302. The molecule has 9 nitrogen and oxygen atoms in total. The normalized spacial score (nSPS) is 12.5. The number of amides is 3. The first-order valence-corrected chi connectivity index (χ1v) is 10.5. The molecule has 3 aromatic carbocycles. The summed E-state index contributed by atoms with van der Waals surface area (Å²) in [5.41, 5.74) is -0.147. The third kappa shape index (κ3) is 4.14. The molecule has 4 rings (SSSR count). The second-order valence-corrected chi connectivity index (χ2v) is 8.03. The zero-order valence-electron chi connectivity index (χ0n) is 17.1. The van der Waals surface area contributed by atoms with Crippen molar-refractivity contribution in [1.82, 2.24) is 10.0 Å². The first-order valence-electron chi connectivity index (χ1n) is 9.71. The molecule has 1 aliphatic heterocycles. The van der Waals surface area contributed by atoms with Crippen LogP contribution in [0.5, 0.6) is 0 Å². The number of nitro groups is 1. The summed E-state index contributed by atoms with van der Waals surface area (Å²) in [5, 5.41) is 12.6. The molecule has 3 aromatic rings. The van der Waals surface area contributed by atoms with Crippen molar-refractivity contribution >= 4 is 52.4 Å². The van der Waals surface area contributed by atoms with E-state index in [0.29, 0.717) is 15.0 Å². The molecule has 0 bridgehead atoms. The molecule has 0 saturated carbocycles. The van der Waals surface area contributed by atoms with E-state index < -0.39 is 35.0 Å². The number of rotatable bonds is 6. The van der Waals surface area contributed by atoms with E-state index in [1.165, 1.54) is 42.5 Å². The number of nitrogens with zero attached hydrogens (tertiary/aromatic N) is 3. The molecule has 3 amide bonds. The lowest BCUT2D eigenvalue weighted by atomic mass is 10.1. The predicted octanol–water partition coefficient (Wildman–Crippen LogP) is 4.44. The highest BCUT2D eigenvalue weighted by molar-refractivity contribution is 6.37. The smallest absolute Gasteiger partial charge is 0.280 e. The molecule has 0 unspecified atom stereocenters. The summed E-state index contributed by atoms with van der Waals surface area (Å²) in [7, 11) is 0. The van der Waals surface area contributed by atoms with Crippen molar-refractivity contribution in [2.75, 3.05) is 6.54 Å². The molecule has 0 spiro atoms. The number of Topliss-reactive ketones (excluding diaryl/α,β-unsaturated/α-hetero) is 1. The highest BCUT2D eigenvalue weighted by Gasteiger charge is 2.42. The van der Waals surface area contributed by atoms with E-state index in [9.17, 15) is 29.3 Å². The number of benzene rings is 3. The van der Waals surface area contributed by atoms with Gasteiger partial charge in [-0.15, -0.1) is 0 Å². The fraction of sp³-hybridized carbons (Fsp3) is 0.0435. The summed E-state index contributed by atoms with van der Waals surface area (Å²) in [6, 6.07) is 14.7. The number of nitro benzene ring substituents is 1. The van der Waals surface area contributed by atoms with Gasteiger partial charge in [0.1, 0.15) is 6.54 Å². The number of halogens is 2. The van der Waals surface area contributed by atoms with Crippen molar-refractivity contribution in [3.05, 3.63) is 109 Å². The molecule has 170 valence electrons. The number of hydrogen-bond donors (Lipinski definition) is 0. The van der Waals surface area contributed by atoms with Crippen molar-refractivity contribution in [3.8, 4) is 0 Å². The van der Waals surface area contributed by atoms with Gasteiger partial charge in [0.15, 0.2) is 5.78 Å². The van der Waals surface area contributed by atoms with Crippen LogP contribution in [0.1, 0.15) is 41.4 Å². The monoisotopic (exact) mass is 497 g/mol. The van der Waals surface area contributed by atoms with Crippen molar-refractivity contribution in [3.63, 3.8) is 0 Å². The summed E-state index contributed by atoms with van der Waals surface area (Å²) in [6.07, 6.45) is 0. The molecule has 1 heterocycles. The van der Waals surface area contributed by atoms with E-state index in [0.717, 1.165) is 12.1 Å². The number of carbonyl (C=O) groups excluding carboxylic acids is 4. The minimum atomic E-state index is -0.886. The second-order valence-electron chi connectivity index (χ2n) is 7.18. The zero-order chi connectivity index (χ0) is 24.6. The van der Waals surface area contributed by atoms with Crippen molar-refractivity contribution in [1.29, 1.82) is 0 Å². The Hall–Kier alpha value is -4.08. The lowest BCUT2D eigenvalue weighted by Crippen LogP contribution is -2.51. The van der Waals surface area contributed by atoms with Gasteiger partial charge < -0.3 is 0 Å². The molecule has 0 aromatic heterocycles. The molecule has 0 saturated heterocycles. The number of imide groups is 1. The summed E-state index contributed by atoms with van der Waals surface area (Å²) < 4.78 is 0. The van der Waals surface area contributed by atoms with Crippen LogP contribution in [0.25, 0.3) is 0 Å². The first kappa shape index (κ1) is 23.1. The highest BCUT2D eigenvalue weighted by atomic mass is 35.5. The number of hydrazine groups is 1. The number of fused-ring (bicyclic) bond motifs is 1. The Bertz CT molecular complexity index is 1340. The predicted molar refractivity (Wildman–Crippen MR) is 122 cm³/mol. The molecule has 34 heavy (non-hydrogen) atoms. The van der Waals surface area contributed by atoms with Crippen molar-refractivity contribution < 1.29 is 24.1 Å². The Labute approximate surface area is 202 Å². The Kier molecular flexibility index (Phi) is 6.14. The average Bonchev–Trinajstić information content (AvgIpc) is 3.07. The summed E-state index contributed by atoms with van der Waals surface area (Å²) in [6.45, 7) is -0.706. The first-order chi connectivity index (χ1) is 16.2. The Balaban J connectivity index is 1.74. The number of hydrogen-bond acceptors (Lipinski definition) is 6. The topological polar surface area (TPSA) is 118 Å². The van der Waals surface area contributed by atoms with Crippen LogP contribution in [0.2, 0.25) is 10.0 Å². The SMILES string of the molecule is O=C(CN(C(=O)c1ccc([N+](=O)[O-])cc1)N1C(=O)c2ccccc2C1=O)c1ccc(Cl)cc1Cl. The molecule has 0 atom stereocenters. The van der Waals surface area contributed by atoms with Gasteiger partial charge in [-0.25, -0.2) is 5.01 Å². The van der Waals surface area contributed by atoms with Crippen molar-refractivity contribution in [2.45, 2.75) is 0 Å². The molecule has 0 N–H and O–H groups in total. The van der Waals surface area contributed by atoms with Gasteiger partial charge in [0.2, 0.25) is 0 Å². The van der Waals surface area contributed by atoms with Crippen LogP contribution in [-0.4, -0.2) is 45.0 Å². The maximum Gasteiger partial charge on any atom is 0.280 e. The van der Waals surface area contributed by atoms with Crippen LogP contribution in [-0.2, 0) is 0 Å². The van der Waals surface area contributed by atoms with E-state index in [1.807, 2.05) is 0 Å². The van der Waals surface area contributed by atoms with E-state index in [2.05, 4.69) is 0 Å². The van der Waals surface area contributed by atoms with Gasteiger partial charge in [-0.1, -0.05) is 35.3 Å². The van der Waals surface area contributed by atoms with Crippen molar-refractivity contribution in [2.24, 2.45) is 0 Å². The van der Waals surface area contributed by atoms with Gasteiger partial charge in [-0.3, -0.25) is 29.3 Å². The largest absolute Gasteiger partial charge is 0.292 e. The van der Waals surface area contributed by atoms with E-state index in [4.69, 9.17) is 23.2 Å². The van der Waals surface area contributed by atoms with Crippen LogP contribution in [0.3, 0.4) is 0 Å². The fourth-order valence-electron chi connectivity index (χ4n) is 3.44. The molecular formula is C23H13Cl2N3O6. The van der Waals surface area contributed by atoms with Crippen LogP contribution in [0.4, 0.5) is 5.69 Å². The van der Waals surface area contributed by atoms with Gasteiger partial charge >= 0.3 is 0 Å². The van der Waals surface area contributed by atoms with E-state index in [1.54, 1.807) is 12.1 Å². The average molecular weight is 498 g/mol.